The number of hydrogen-bond acceptors (Lipinski definition) is 6. The van der Waals surface area contributed by atoms with Crippen LogP contribution in [-0.4, -0.2) is 47.1 Å². The van der Waals surface area contributed by atoms with Crippen LogP contribution in [0.3, 0.4) is 0 Å². The minimum Gasteiger partial charge on any atom is -0.496 e. The lowest BCUT2D eigenvalue weighted by Crippen LogP contribution is -2.34. The van der Waals surface area contributed by atoms with Crippen LogP contribution in [0.25, 0.3) is 0 Å². The first-order valence-electron chi connectivity index (χ1n) is 8.51. The largest absolute Gasteiger partial charge is 0.496 e. The van der Waals surface area contributed by atoms with E-state index in [0.717, 1.165) is 11.3 Å². The molecule has 0 aliphatic carbocycles. The van der Waals surface area contributed by atoms with Crippen LogP contribution in [0.1, 0.15) is 5.56 Å². The van der Waals surface area contributed by atoms with Gasteiger partial charge < -0.3 is 14.8 Å². The van der Waals surface area contributed by atoms with Crippen molar-refractivity contribution in [1.29, 1.82) is 0 Å². The first-order valence-corrected chi connectivity index (χ1v) is 9.99. The van der Waals surface area contributed by atoms with Crippen molar-refractivity contribution in [2.45, 2.75) is 11.3 Å². The zero-order valence-corrected chi connectivity index (χ0v) is 16.2. The Morgan fingerprint density at radius 3 is 2.39 bits per heavy atom. The van der Waals surface area contributed by atoms with E-state index in [1.54, 1.807) is 25.3 Å². The maximum Gasteiger partial charge on any atom is 0.321 e. The van der Waals surface area contributed by atoms with Gasteiger partial charge in [-0.15, -0.1) is 0 Å². The van der Waals surface area contributed by atoms with Crippen LogP contribution in [0.2, 0.25) is 0 Å². The van der Waals surface area contributed by atoms with Crippen LogP contribution in [-0.2, 0) is 30.8 Å². The number of carbonyl (C=O) groups is 2. The van der Waals surface area contributed by atoms with E-state index in [4.69, 9.17) is 9.47 Å². The van der Waals surface area contributed by atoms with Gasteiger partial charge in [0.2, 0.25) is 10.0 Å². The zero-order valence-electron chi connectivity index (χ0n) is 15.4. The molecule has 2 aromatic carbocycles. The quantitative estimate of drug-likeness (QED) is 0.567. The first kappa shape index (κ1) is 21.4. The Bertz CT molecular complexity index is 900. The third-order valence-corrected chi connectivity index (χ3v) is 5.15. The van der Waals surface area contributed by atoms with Crippen LogP contribution in [0.5, 0.6) is 5.75 Å². The van der Waals surface area contributed by atoms with Gasteiger partial charge in [0.15, 0.2) is 6.61 Å². The standard InChI is InChI=1S/C19H22N2O6S/c1-26-17-10-6-5-7-15(17)11-12-20-18(22)14-27-19(23)13-21-28(24,25)16-8-3-2-4-9-16/h2-10,21H,11-14H2,1H3,(H,20,22). The molecule has 0 spiro atoms. The van der Waals surface area contributed by atoms with E-state index < -0.39 is 35.1 Å². The number of nitrogens with one attached hydrogen (secondary N) is 2. The van der Waals surface area contributed by atoms with Gasteiger partial charge in [0, 0.05) is 6.54 Å². The number of benzene rings is 2. The highest BCUT2D eigenvalue weighted by Crippen LogP contribution is 2.17. The number of para-hydroxylation sites is 1. The molecule has 2 rings (SSSR count). The highest BCUT2D eigenvalue weighted by molar-refractivity contribution is 7.89. The van der Waals surface area contributed by atoms with Crippen LogP contribution in [0.15, 0.2) is 59.5 Å². The Morgan fingerprint density at radius 1 is 1.00 bits per heavy atom. The van der Waals surface area contributed by atoms with Crippen LogP contribution in [0.4, 0.5) is 0 Å². The second-order valence-corrected chi connectivity index (χ2v) is 7.48. The number of sulfonamides is 1. The van der Waals surface area contributed by atoms with E-state index in [-0.39, 0.29) is 4.90 Å². The van der Waals surface area contributed by atoms with E-state index in [1.807, 2.05) is 24.3 Å². The van der Waals surface area contributed by atoms with Crippen molar-refractivity contribution >= 4 is 21.9 Å². The number of amides is 1. The fourth-order valence-electron chi connectivity index (χ4n) is 2.33. The lowest BCUT2D eigenvalue weighted by molar-refractivity contribution is -0.147. The van der Waals surface area contributed by atoms with Gasteiger partial charge in [-0.05, 0) is 30.2 Å². The van der Waals surface area contributed by atoms with Gasteiger partial charge in [-0.1, -0.05) is 36.4 Å². The van der Waals surface area contributed by atoms with Crippen molar-refractivity contribution in [3.63, 3.8) is 0 Å². The van der Waals surface area contributed by atoms with E-state index in [0.29, 0.717) is 13.0 Å². The number of carbonyl (C=O) groups excluding carboxylic acids is 2. The van der Waals surface area contributed by atoms with Crippen molar-refractivity contribution in [3.05, 3.63) is 60.2 Å². The molecule has 1 amide bonds. The summed E-state index contributed by atoms with van der Waals surface area (Å²) in [6, 6.07) is 15.1. The van der Waals surface area contributed by atoms with E-state index in [1.165, 1.54) is 12.1 Å². The van der Waals surface area contributed by atoms with Gasteiger partial charge in [-0.2, -0.15) is 4.72 Å². The summed E-state index contributed by atoms with van der Waals surface area (Å²) in [5, 5.41) is 2.63. The smallest absolute Gasteiger partial charge is 0.321 e. The molecule has 0 radical (unpaired) electrons. The molecular weight excluding hydrogens is 384 g/mol. The Labute approximate surface area is 163 Å². The number of methoxy groups -OCH3 is 1. The zero-order chi connectivity index (χ0) is 20.4. The van der Waals surface area contributed by atoms with Crippen molar-refractivity contribution in [2.24, 2.45) is 0 Å². The van der Waals surface area contributed by atoms with Crippen molar-refractivity contribution in [3.8, 4) is 5.75 Å². The summed E-state index contributed by atoms with van der Waals surface area (Å²) in [5.41, 5.74) is 0.942. The molecule has 0 unspecified atom stereocenters. The SMILES string of the molecule is COc1ccccc1CCNC(=O)COC(=O)CNS(=O)(=O)c1ccccc1. The molecule has 0 aliphatic rings. The second kappa shape index (κ2) is 10.4. The monoisotopic (exact) mass is 406 g/mol. The van der Waals surface area contributed by atoms with Gasteiger partial charge in [-0.25, -0.2) is 8.42 Å². The molecular formula is C19H22N2O6S. The molecule has 0 aliphatic heterocycles. The van der Waals surface area contributed by atoms with Gasteiger partial charge >= 0.3 is 5.97 Å². The fourth-order valence-corrected chi connectivity index (χ4v) is 3.32. The second-order valence-electron chi connectivity index (χ2n) is 5.71. The number of rotatable bonds is 10. The van der Waals surface area contributed by atoms with Gasteiger partial charge in [-0.3, -0.25) is 9.59 Å². The minimum absolute atomic E-state index is 0.0388. The molecule has 28 heavy (non-hydrogen) atoms. The van der Waals surface area contributed by atoms with E-state index in [2.05, 4.69) is 10.0 Å². The highest BCUT2D eigenvalue weighted by atomic mass is 32.2. The average molecular weight is 406 g/mol. The van der Waals surface area contributed by atoms with E-state index in [9.17, 15) is 18.0 Å². The molecule has 0 fully saturated rings. The Kier molecular flexibility index (Phi) is 7.97. The Morgan fingerprint density at radius 2 is 1.68 bits per heavy atom. The lowest BCUT2D eigenvalue weighted by Gasteiger charge is -2.10. The first-order chi connectivity index (χ1) is 13.4. The Hall–Kier alpha value is -2.91. The molecule has 0 heterocycles. The van der Waals surface area contributed by atoms with Gasteiger partial charge in [0.05, 0.1) is 12.0 Å². The summed E-state index contributed by atoms with van der Waals surface area (Å²) in [4.78, 5) is 23.5. The summed E-state index contributed by atoms with van der Waals surface area (Å²) < 4.78 is 36.1. The average Bonchev–Trinajstić information content (AvgIpc) is 2.72. The summed E-state index contributed by atoms with van der Waals surface area (Å²) >= 11 is 0. The topological polar surface area (TPSA) is 111 Å². The highest BCUT2D eigenvalue weighted by Gasteiger charge is 2.16. The summed E-state index contributed by atoms with van der Waals surface area (Å²) in [5.74, 6) is -0.595. The molecule has 0 saturated heterocycles. The lowest BCUT2D eigenvalue weighted by atomic mass is 10.1. The minimum atomic E-state index is -3.81. The molecule has 0 atom stereocenters. The number of esters is 1. The molecule has 0 bridgehead atoms. The molecule has 0 saturated carbocycles. The van der Waals surface area contributed by atoms with Crippen molar-refractivity contribution in [1.82, 2.24) is 10.0 Å². The summed E-state index contributed by atoms with van der Waals surface area (Å²) in [7, 11) is -2.24. The van der Waals surface area contributed by atoms with Crippen molar-refractivity contribution in [2.75, 3.05) is 26.8 Å². The van der Waals surface area contributed by atoms with E-state index >= 15 is 0 Å². The number of ether oxygens (including phenoxy) is 2. The van der Waals surface area contributed by atoms with Crippen molar-refractivity contribution < 1.29 is 27.5 Å². The number of hydrogen-bond donors (Lipinski definition) is 2. The summed E-state index contributed by atoms with van der Waals surface area (Å²) in [6.45, 7) is -0.707. The van der Waals surface area contributed by atoms with Gasteiger partial charge in [0.1, 0.15) is 12.3 Å². The Balaban J connectivity index is 1.69. The predicted molar refractivity (Wildman–Crippen MR) is 102 cm³/mol. The molecule has 9 heteroatoms. The van der Waals surface area contributed by atoms with Gasteiger partial charge in [0.25, 0.3) is 5.91 Å². The third kappa shape index (κ3) is 6.67. The molecule has 8 nitrogen and oxygen atoms in total. The van der Waals surface area contributed by atoms with Crippen LogP contribution >= 0.6 is 0 Å². The molecule has 150 valence electrons. The maximum atomic E-state index is 12.0. The predicted octanol–water partition coefficient (Wildman–Crippen LogP) is 0.876. The molecule has 2 N–H and O–H groups in total. The fraction of sp³-hybridized carbons (Fsp3) is 0.263. The molecule has 0 aromatic heterocycles. The normalized spacial score (nSPS) is 10.9. The maximum absolute atomic E-state index is 12.0. The van der Waals surface area contributed by atoms with Crippen LogP contribution in [0, 0.1) is 0 Å². The third-order valence-electron chi connectivity index (χ3n) is 3.73. The molecule has 2 aromatic rings. The van der Waals surface area contributed by atoms with Crippen LogP contribution < -0.4 is 14.8 Å². The summed E-state index contributed by atoms with van der Waals surface area (Å²) in [6.07, 6.45) is 0.556.